The van der Waals surface area contributed by atoms with Gasteiger partial charge in [0.25, 0.3) is 0 Å². The van der Waals surface area contributed by atoms with Crippen LogP contribution in [0.25, 0.3) is 0 Å². The molecule has 1 aliphatic heterocycles. The van der Waals surface area contributed by atoms with Crippen LogP contribution in [0.3, 0.4) is 0 Å². The molecule has 0 unspecified atom stereocenters. The first-order valence-corrected chi connectivity index (χ1v) is 7.71. The van der Waals surface area contributed by atoms with Crippen molar-refractivity contribution in [3.05, 3.63) is 17.7 Å². The minimum Gasteiger partial charge on any atom is -0.490 e. The van der Waals surface area contributed by atoms with Crippen LogP contribution in [0.1, 0.15) is 44.1 Å². The van der Waals surface area contributed by atoms with E-state index in [2.05, 4.69) is 11.4 Å². The number of benzene rings is 1. The average Bonchev–Trinajstić information content (AvgIpc) is 2.95. The third-order valence-electron chi connectivity index (χ3n) is 4.31. The fourth-order valence-corrected chi connectivity index (χ4v) is 2.94. The lowest BCUT2D eigenvalue weighted by atomic mass is 10.1. The van der Waals surface area contributed by atoms with E-state index in [9.17, 15) is 0 Å². The predicted octanol–water partition coefficient (Wildman–Crippen LogP) is 2.99. The summed E-state index contributed by atoms with van der Waals surface area (Å²) in [6, 6.07) is 4.77. The maximum absolute atomic E-state index is 6.21. The standard InChI is InChI=1S/C16H21NO3/c1-2-4-13(3-1)20-14-8-16-15(18-10-19-16)7-11(14)9-17-12-5-6-12/h7-8,12-13,17H,1-6,9-10H2. The topological polar surface area (TPSA) is 39.7 Å². The summed E-state index contributed by atoms with van der Waals surface area (Å²) in [7, 11) is 0. The van der Waals surface area contributed by atoms with Crippen molar-refractivity contribution >= 4 is 0 Å². The van der Waals surface area contributed by atoms with Gasteiger partial charge in [0.15, 0.2) is 11.5 Å². The van der Waals surface area contributed by atoms with Crippen LogP contribution in [-0.2, 0) is 6.54 Å². The van der Waals surface area contributed by atoms with E-state index in [1.807, 2.05) is 6.07 Å². The van der Waals surface area contributed by atoms with E-state index in [1.165, 1.54) is 44.1 Å². The molecule has 2 saturated carbocycles. The highest BCUT2D eigenvalue weighted by Gasteiger charge is 2.24. The number of hydrogen-bond acceptors (Lipinski definition) is 4. The minimum absolute atomic E-state index is 0.317. The number of fused-ring (bicyclic) bond motifs is 1. The highest BCUT2D eigenvalue weighted by molar-refractivity contribution is 5.52. The highest BCUT2D eigenvalue weighted by atomic mass is 16.7. The third kappa shape index (κ3) is 2.57. The van der Waals surface area contributed by atoms with Gasteiger partial charge in [0.05, 0.1) is 6.10 Å². The van der Waals surface area contributed by atoms with Gasteiger partial charge in [-0.2, -0.15) is 0 Å². The van der Waals surface area contributed by atoms with Crippen molar-refractivity contribution in [1.82, 2.24) is 5.32 Å². The molecule has 4 heteroatoms. The van der Waals surface area contributed by atoms with Crippen LogP contribution in [0.4, 0.5) is 0 Å². The Morgan fingerprint density at radius 1 is 1.05 bits per heavy atom. The number of rotatable bonds is 5. The molecule has 0 aromatic heterocycles. The van der Waals surface area contributed by atoms with Crippen LogP contribution in [0, 0.1) is 0 Å². The Labute approximate surface area is 119 Å². The van der Waals surface area contributed by atoms with E-state index in [1.54, 1.807) is 0 Å². The molecule has 4 nitrogen and oxygen atoms in total. The van der Waals surface area contributed by atoms with Gasteiger partial charge in [0.2, 0.25) is 6.79 Å². The molecule has 1 aromatic carbocycles. The van der Waals surface area contributed by atoms with E-state index in [4.69, 9.17) is 14.2 Å². The normalized spacial score (nSPS) is 21.4. The van der Waals surface area contributed by atoms with Crippen LogP contribution in [0.2, 0.25) is 0 Å². The summed E-state index contributed by atoms with van der Waals surface area (Å²) in [6.45, 7) is 1.17. The van der Waals surface area contributed by atoms with Crippen molar-refractivity contribution in [3.63, 3.8) is 0 Å². The number of ether oxygens (including phenoxy) is 3. The zero-order valence-corrected chi connectivity index (χ0v) is 11.7. The van der Waals surface area contributed by atoms with Crippen molar-refractivity contribution in [1.29, 1.82) is 0 Å². The van der Waals surface area contributed by atoms with Gasteiger partial charge in [0, 0.05) is 24.2 Å². The third-order valence-corrected chi connectivity index (χ3v) is 4.31. The van der Waals surface area contributed by atoms with Gasteiger partial charge in [-0.25, -0.2) is 0 Å². The van der Waals surface area contributed by atoms with Crippen molar-refractivity contribution in [2.75, 3.05) is 6.79 Å². The van der Waals surface area contributed by atoms with Gasteiger partial charge in [-0.1, -0.05) is 0 Å². The molecule has 0 atom stereocenters. The summed E-state index contributed by atoms with van der Waals surface area (Å²) in [6.07, 6.45) is 7.87. The van der Waals surface area contributed by atoms with Gasteiger partial charge in [-0.3, -0.25) is 0 Å². The van der Waals surface area contributed by atoms with E-state index < -0.39 is 0 Å². The van der Waals surface area contributed by atoms with E-state index >= 15 is 0 Å². The number of hydrogen-bond donors (Lipinski definition) is 1. The molecule has 0 amide bonds. The molecule has 2 fully saturated rings. The Bertz CT molecular complexity index is 493. The zero-order chi connectivity index (χ0) is 13.4. The van der Waals surface area contributed by atoms with Gasteiger partial charge in [-0.05, 0) is 44.6 Å². The first-order chi connectivity index (χ1) is 9.88. The van der Waals surface area contributed by atoms with Gasteiger partial charge in [0.1, 0.15) is 5.75 Å². The Hall–Kier alpha value is -1.42. The van der Waals surface area contributed by atoms with Crippen LogP contribution in [0.5, 0.6) is 17.2 Å². The Kier molecular flexibility index (Phi) is 3.19. The van der Waals surface area contributed by atoms with Crippen molar-refractivity contribution in [2.45, 2.75) is 57.2 Å². The van der Waals surface area contributed by atoms with Crippen molar-refractivity contribution < 1.29 is 14.2 Å². The molecule has 1 heterocycles. The van der Waals surface area contributed by atoms with Crippen molar-refractivity contribution in [2.24, 2.45) is 0 Å². The second kappa shape index (κ2) is 5.17. The van der Waals surface area contributed by atoms with Gasteiger partial charge >= 0.3 is 0 Å². The van der Waals surface area contributed by atoms with Gasteiger partial charge in [-0.15, -0.1) is 0 Å². The molecule has 0 saturated heterocycles. The largest absolute Gasteiger partial charge is 0.490 e. The minimum atomic E-state index is 0.317. The van der Waals surface area contributed by atoms with E-state index in [0.717, 1.165) is 23.8 Å². The fraction of sp³-hybridized carbons (Fsp3) is 0.625. The summed E-state index contributed by atoms with van der Waals surface area (Å²) in [4.78, 5) is 0. The molecule has 1 N–H and O–H groups in total. The van der Waals surface area contributed by atoms with Gasteiger partial charge < -0.3 is 19.5 Å². The Morgan fingerprint density at radius 2 is 1.80 bits per heavy atom. The van der Waals surface area contributed by atoms with Crippen LogP contribution >= 0.6 is 0 Å². The molecule has 0 radical (unpaired) electrons. The first-order valence-electron chi connectivity index (χ1n) is 7.71. The smallest absolute Gasteiger partial charge is 0.231 e. The first kappa shape index (κ1) is 12.3. The summed E-state index contributed by atoms with van der Waals surface area (Å²) in [5, 5.41) is 3.55. The maximum atomic E-state index is 6.21. The Morgan fingerprint density at radius 3 is 2.55 bits per heavy atom. The molecule has 0 spiro atoms. The molecule has 4 rings (SSSR count). The SMILES string of the molecule is c1c(CNC2CC2)c(OC2CCCC2)cc2c1OCO2. The molecular formula is C16H21NO3. The zero-order valence-electron chi connectivity index (χ0n) is 11.7. The highest BCUT2D eigenvalue weighted by Crippen LogP contribution is 2.39. The molecule has 108 valence electrons. The lowest BCUT2D eigenvalue weighted by Gasteiger charge is -2.17. The quantitative estimate of drug-likeness (QED) is 0.896. The summed E-state index contributed by atoms with van der Waals surface area (Å²) < 4.78 is 17.2. The summed E-state index contributed by atoms with van der Waals surface area (Å²) in [5.74, 6) is 2.62. The lowest BCUT2D eigenvalue weighted by molar-refractivity contribution is 0.173. The summed E-state index contributed by atoms with van der Waals surface area (Å²) in [5.41, 5.74) is 1.19. The second-order valence-electron chi connectivity index (χ2n) is 5.99. The van der Waals surface area contributed by atoms with Crippen LogP contribution in [-0.4, -0.2) is 18.9 Å². The predicted molar refractivity (Wildman–Crippen MR) is 75.3 cm³/mol. The maximum Gasteiger partial charge on any atom is 0.231 e. The molecule has 1 aromatic rings. The molecule has 2 aliphatic carbocycles. The second-order valence-corrected chi connectivity index (χ2v) is 5.99. The monoisotopic (exact) mass is 275 g/mol. The van der Waals surface area contributed by atoms with E-state index in [-0.39, 0.29) is 0 Å². The van der Waals surface area contributed by atoms with E-state index in [0.29, 0.717) is 18.9 Å². The fourth-order valence-electron chi connectivity index (χ4n) is 2.94. The molecular weight excluding hydrogens is 254 g/mol. The Balaban J connectivity index is 1.55. The average molecular weight is 275 g/mol. The van der Waals surface area contributed by atoms with Crippen molar-refractivity contribution in [3.8, 4) is 17.2 Å². The number of nitrogens with one attached hydrogen (secondary N) is 1. The van der Waals surface area contributed by atoms with Crippen LogP contribution < -0.4 is 19.5 Å². The molecule has 3 aliphatic rings. The molecule has 20 heavy (non-hydrogen) atoms. The summed E-state index contributed by atoms with van der Waals surface area (Å²) >= 11 is 0. The lowest BCUT2D eigenvalue weighted by Crippen LogP contribution is -2.18. The van der Waals surface area contributed by atoms with Crippen LogP contribution in [0.15, 0.2) is 12.1 Å². The molecule has 0 bridgehead atoms.